The van der Waals surface area contributed by atoms with E-state index in [0.29, 0.717) is 35.3 Å². The third-order valence-corrected chi connectivity index (χ3v) is 5.57. The molecule has 0 radical (unpaired) electrons. The number of amides is 2. The zero-order valence-electron chi connectivity index (χ0n) is 14.3. The van der Waals surface area contributed by atoms with E-state index in [1.807, 2.05) is 18.7 Å². The summed E-state index contributed by atoms with van der Waals surface area (Å²) in [6, 6.07) is 3.52. The van der Waals surface area contributed by atoms with Crippen molar-refractivity contribution in [2.24, 2.45) is 0 Å². The molecule has 0 spiro atoms. The maximum Gasteiger partial charge on any atom is 0.264 e. The van der Waals surface area contributed by atoms with E-state index in [9.17, 15) is 9.59 Å². The van der Waals surface area contributed by atoms with Crippen LogP contribution in [-0.4, -0.2) is 32.8 Å². The molecule has 2 aromatic heterocycles. The van der Waals surface area contributed by atoms with E-state index in [2.05, 4.69) is 9.88 Å². The molecule has 6 nitrogen and oxygen atoms in total. The molecule has 0 saturated carbocycles. The van der Waals surface area contributed by atoms with Crippen LogP contribution >= 0.6 is 22.9 Å². The van der Waals surface area contributed by atoms with Crippen LogP contribution in [0.4, 0.5) is 0 Å². The second-order valence-electron chi connectivity index (χ2n) is 5.88. The Morgan fingerprint density at radius 1 is 1.36 bits per heavy atom. The van der Waals surface area contributed by atoms with E-state index in [0.717, 1.165) is 30.2 Å². The van der Waals surface area contributed by atoms with Gasteiger partial charge in [0.1, 0.15) is 5.82 Å². The lowest BCUT2D eigenvalue weighted by Gasteiger charge is -2.27. The average Bonchev–Trinajstić information content (AvgIpc) is 3.21. The summed E-state index contributed by atoms with van der Waals surface area (Å²) in [6.07, 6.45) is 1.18. The minimum Gasteiger partial charge on any atom is -0.349 e. The minimum absolute atomic E-state index is 0.00670. The predicted octanol–water partition coefficient (Wildman–Crippen LogP) is 2.84. The molecule has 0 aliphatic carbocycles. The van der Waals surface area contributed by atoms with Gasteiger partial charge in [-0.3, -0.25) is 9.59 Å². The Balaban J connectivity index is 1.79. The number of carbonyl (C=O) groups is 2. The maximum atomic E-state index is 12.7. The Morgan fingerprint density at radius 2 is 2.16 bits per heavy atom. The molecular weight excluding hydrogens is 360 g/mol. The van der Waals surface area contributed by atoms with Crippen molar-refractivity contribution in [3.63, 3.8) is 0 Å². The second kappa shape index (κ2) is 7.58. The molecule has 0 unspecified atom stereocenters. The molecule has 2 aromatic rings. The number of nitrogens with zero attached hydrogens (tertiary/aromatic N) is 3. The summed E-state index contributed by atoms with van der Waals surface area (Å²) >= 11 is 7.25. The van der Waals surface area contributed by atoms with Gasteiger partial charge in [-0.05, 0) is 19.1 Å². The molecular formula is C17H21ClN4O2S. The Kier molecular flexibility index (Phi) is 5.44. The van der Waals surface area contributed by atoms with Gasteiger partial charge >= 0.3 is 0 Å². The summed E-state index contributed by atoms with van der Waals surface area (Å²) in [7, 11) is 0. The van der Waals surface area contributed by atoms with Crippen LogP contribution in [0.1, 0.15) is 47.2 Å². The van der Waals surface area contributed by atoms with Gasteiger partial charge < -0.3 is 14.8 Å². The second-order valence-corrected chi connectivity index (χ2v) is 7.59. The summed E-state index contributed by atoms with van der Waals surface area (Å²) in [5.41, 5.74) is 2.08. The van der Waals surface area contributed by atoms with Crippen LogP contribution < -0.4 is 5.32 Å². The zero-order valence-corrected chi connectivity index (χ0v) is 15.9. The molecule has 0 saturated heterocycles. The van der Waals surface area contributed by atoms with E-state index in [1.54, 1.807) is 12.1 Å². The van der Waals surface area contributed by atoms with E-state index < -0.39 is 0 Å². The number of hydrogen-bond acceptors (Lipinski definition) is 4. The van der Waals surface area contributed by atoms with Crippen molar-refractivity contribution >= 4 is 34.8 Å². The van der Waals surface area contributed by atoms with E-state index in [4.69, 9.17) is 16.6 Å². The highest BCUT2D eigenvalue weighted by Crippen LogP contribution is 2.26. The summed E-state index contributed by atoms with van der Waals surface area (Å²) in [5.74, 6) is 0.866. The number of imidazole rings is 1. The van der Waals surface area contributed by atoms with Gasteiger partial charge in [0.05, 0.1) is 33.7 Å². The lowest BCUT2D eigenvalue weighted by atomic mass is 10.1. The zero-order chi connectivity index (χ0) is 18.0. The summed E-state index contributed by atoms with van der Waals surface area (Å²) in [6.45, 7) is 6.23. The monoisotopic (exact) mass is 380 g/mol. The third-order valence-electron chi connectivity index (χ3n) is 4.35. The number of aromatic nitrogens is 2. The fourth-order valence-corrected chi connectivity index (χ4v) is 4.05. The quantitative estimate of drug-likeness (QED) is 0.867. The lowest BCUT2D eigenvalue weighted by Crippen LogP contribution is -2.36. The van der Waals surface area contributed by atoms with Gasteiger partial charge in [-0.1, -0.05) is 18.5 Å². The third kappa shape index (κ3) is 3.72. The molecule has 1 N–H and O–H groups in total. The van der Waals surface area contributed by atoms with Gasteiger partial charge in [-0.25, -0.2) is 4.98 Å². The van der Waals surface area contributed by atoms with Crippen LogP contribution in [0.15, 0.2) is 12.1 Å². The van der Waals surface area contributed by atoms with E-state index >= 15 is 0 Å². The minimum atomic E-state index is 0.00670. The standard InChI is InChI=1S/C17H21ClN4O2S/c1-3-16(23)19-9-15-20-11-7-8-21(10-12(11)22(15)4-2)17(24)13-5-6-14(18)25-13/h5-6H,3-4,7-10H2,1-2H3,(H,19,23). The van der Waals surface area contributed by atoms with E-state index in [1.165, 1.54) is 11.3 Å². The largest absolute Gasteiger partial charge is 0.349 e. The Hall–Kier alpha value is -1.86. The first-order chi connectivity index (χ1) is 12.0. The van der Waals surface area contributed by atoms with E-state index in [-0.39, 0.29) is 11.8 Å². The number of hydrogen-bond donors (Lipinski definition) is 1. The number of rotatable bonds is 5. The van der Waals surface area contributed by atoms with Crippen LogP contribution in [0.2, 0.25) is 4.34 Å². The van der Waals surface area contributed by atoms with Gasteiger partial charge in [-0.15, -0.1) is 11.3 Å². The van der Waals surface area contributed by atoms with Gasteiger partial charge in [0.2, 0.25) is 5.91 Å². The van der Waals surface area contributed by atoms with Crippen molar-refractivity contribution in [3.8, 4) is 0 Å². The molecule has 1 aliphatic rings. The van der Waals surface area contributed by atoms with Crippen LogP contribution in [0.25, 0.3) is 0 Å². The number of fused-ring (bicyclic) bond motifs is 1. The SMILES string of the molecule is CCC(=O)NCc1nc2c(n1CC)CN(C(=O)c1ccc(Cl)s1)CC2. The van der Waals surface area contributed by atoms with Crippen LogP contribution in [-0.2, 0) is 30.8 Å². The lowest BCUT2D eigenvalue weighted by molar-refractivity contribution is -0.120. The van der Waals surface area contributed by atoms with Crippen molar-refractivity contribution in [3.05, 3.63) is 38.6 Å². The molecule has 3 rings (SSSR count). The molecule has 1 aliphatic heterocycles. The number of nitrogens with one attached hydrogen (secondary N) is 1. The molecule has 0 atom stereocenters. The topological polar surface area (TPSA) is 67.2 Å². The first kappa shape index (κ1) is 17.9. The highest BCUT2D eigenvalue weighted by Gasteiger charge is 2.27. The highest BCUT2D eigenvalue weighted by molar-refractivity contribution is 7.17. The Bertz CT molecular complexity index is 799. The molecule has 3 heterocycles. The maximum absolute atomic E-state index is 12.7. The number of halogens is 1. The van der Waals surface area contributed by atoms with Crippen molar-refractivity contribution in [1.82, 2.24) is 19.8 Å². The molecule has 8 heteroatoms. The van der Waals surface area contributed by atoms with Gasteiger partial charge in [0.15, 0.2) is 0 Å². The van der Waals surface area contributed by atoms with Crippen molar-refractivity contribution in [2.75, 3.05) is 6.54 Å². The first-order valence-corrected chi connectivity index (χ1v) is 9.61. The van der Waals surface area contributed by atoms with Gasteiger partial charge in [0, 0.05) is 25.9 Å². The molecule has 0 bridgehead atoms. The normalized spacial score (nSPS) is 13.6. The fraction of sp³-hybridized carbons (Fsp3) is 0.471. The van der Waals surface area contributed by atoms with Gasteiger partial charge in [0.25, 0.3) is 5.91 Å². The van der Waals surface area contributed by atoms with Gasteiger partial charge in [-0.2, -0.15) is 0 Å². The summed E-state index contributed by atoms with van der Waals surface area (Å²) < 4.78 is 2.72. The average molecular weight is 381 g/mol. The van der Waals surface area contributed by atoms with Crippen molar-refractivity contribution in [1.29, 1.82) is 0 Å². The van der Waals surface area contributed by atoms with Crippen molar-refractivity contribution < 1.29 is 9.59 Å². The molecule has 134 valence electrons. The first-order valence-electron chi connectivity index (χ1n) is 8.41. The fourth-order valence-electron chi connectivity index (χ4n) is 3.04. The smallest absolute Gasteiger partial charge is 0.264 e. The van der Waals surface area contributed by atoms with Crippen molar-refractivity contribution in [2.45, 2.75) is 46.3 Å². The predicted molar refractivity (Wildman–Crippen MR) is 97.8 cm³/mol. The summed E-state index contributed by atoms with van der Waals surface area (Å²) in [4.78, 5) is 31.4. The molecule has 25 heavy (non-hydrogen) atoms. The van der Waals surface area contributed by atoms with Crippen LogP contribution in [0, 0.1) is 0 Å². The van der Waals surface area contributed by atoms with Crippen LogP contribution in [0.5, 0.6) is 0 Å². The summed E-state index contributed by atoms with van der Waals surface area (Å²) in [5, 5.41) is 2.88. The highest BCUT2D eigenvalue weighted by atomic mass is 35.5. The Labute approximate surface area is 155 Å². The number of carbonyl (C=O) groups excluding carboxylic acids is 2. The van der Waals surface area contributed by atoms with Crippen LogP contribution in [0.3, 0.4) is 0 Å². The molecule has 0 fully saturated rings. The number of thiophene rings is 1. The molecule has 0 aromatic carbocycles. The Morgan fingerprint density at radius 3 is 2.80 bits per heavy atom. The molecule has 2 amide bonds.